The fraction of sp³-hybridized carbons (Fsp3) is 0.200. The average Bonchev–Trinajstić information content (AvgIpc) is 3.18. The zero-order valence-corrected chi connectivity index (χ0v) is 18.0. The van der Waals surface area contributed by atoms with E-state index in [0.717, 1.165) is 16.8 Å². The molecular formula is C25H24N4O2. The number of fused-ring (bicyclic) bond motifs is 1. The molecule has 1 N–H and O–H groups in total. The van der Waals surface area contributed by atoms with E-state index >= 15 is 0 Å². The van der Waals surface area contributed by atoms with Crippen LogP contribution in [0.1, 0.15) is 53.1 Å². The molecule has 31 heavy (non-hydrogen) atoms. The van der Waals surface area contributed by atoms with Gasteiger partial charge in [-0.05, 0) is 63.6 Å². The van der Waals surface area contributed by atoms with E-state index in [1.807, 2.05) is 55.8 Å². The molecule has 0 fully saturated rings. The second kappa shape index (κ2) is 8.14. The molecule has 0 saturated carbocycles. The summed E-state index contributed by atoms with van der Waals surface area (Å²) >= 11 is 0. The number of rotatable bonds is 5. The van der Waals surface area contributed by atoms with Gasteiger partial charge in [0.05, 0.1) is 22.8 Å². The van der Waals surface area contributed by atoms with Crippen molar-refractivity contribution in [2.75, 3.05) is 5.32 Å². The summed E-state index contributed by atoms with van der Waals surface area (Å²) in [6, 6.07) is 16.8. The summed E-state index contributed by atoms with van der Waals surface area (Å²) in [5.74, 6) is -0.265. The minimum absolute atomic E-state index is 0.0160. The number of pyridine rings is 1. The summed E-state index contributed by atoms with van der Waals surface area (Å²) < 4.78 is 1.83. The van der Waals surface area contributed by atoms with Crippen LogP contribution < -0.4 is 5.32 Å². The lowest BCUT2D eigenvalue weighted by Gasteiger charge is -2.12. The molecule has 4 rings (SSSR count). The highest BCUT2D eigenvalue weighted by molar-refractivity contribution is 6.12. The lowest BCUT2D eigenvalue weighted by Crippen LogP contribution is -2.13. The second-order valence-electron chi connectivity index (χ2n) is 7.88. The quantitative estimate of drug-likeness (QED) is 0.443. The smallest absolute Gasteiger partial charge is 0.256 e. The van der Waals surface area contributed by atoms with Crippen molar-refractivity contribution in [3.63, 3.8) is 0 Å². The van der Waals surface area contributed by atoms with Crippen LogP contribution >= 0.6 is 0 Å². The lowest BCUT2D eigenvalue weighted by atomic mass is 10.0. The number of amides is 1. The molecule has 0 radical (unpaired) electrons. The zero-order valence-electron chi connectivity index (χ0n) is 18.0. The van der Waals surface area contributed by atoms with Gasteiger partial charge in [0, 0.05) is 22.9 Å². The third-order valence-electron chi connectivity index (χ3n) is 5.27. The molecule has 0 atom stereocenters. The molecule has 0 aliphatic heterocycles. The van der Waals surface area contributed by atoms with Crippen molar-refractivity contribution in [1.82, 2.24) is 14.8 Å². The Balaban J connectivity index is 1.81. The van der Waals surface area contributed by atoms with E-state index in [2.05, 4.69) is 10.4 Å². The molecule has 1 amide bonds. The fourth-order valence-electron chi connectivity index (χ4n) is 3.57. The maximum atomic E-state index is 13.3. The van der Waals surface area contributed by atoms with Gasteiger partial charge in [0.15, 0.2) is 11.4 Å². The van der Waals surface area contributed by atoms with Crippen LogP contribution in [0.25, 0.3) is 22.3 Å². The first kappa shape index (κ1) is 20.5. The SMILES string of the molecule is CC(=O)c1ccc(NC(=O)c2cc(-c3ccccc3C)nc3c2cnn3C(C)C)cc1. The summed E-state index contributed by atoms with van der Waals surface area (Å²) in [5, 5.41) is 8.10. The Morgan fingerprint density at radius 3 is 2.39 bits per heavy atom. The summed E-state index contributed by atoms with van der Waals surface area (Å²) in [6.07, 6.45) is 1.69. The van der Waals surface area contributed by atoms with Crippen molar-refractivity contribution in [3.05, 3.63) is 77.5 Å². The van der Waals surface area contributed by atoms with Crippen LogP contribution in [0.15, 0.2) is 60.8 Å². The first-order valence-corrected chi connectivity index (χ1v) is 10.2. The number of benzene rings is 2. The van der Waals surface area contributed by atoms with Crippen LogP contribution in [0, 0.1) is 6.92 Å². The zero-order chi connectivity index (χ0) is 22.1. The van der Waals surface area contributed by atoms with Crippen molar-refractivity contribution in [2.45, 2.75) is 33.7 Å². The molecule has 0 aliphatic rings. The normalized spacial score (nSPS) is 11.1. The standard InChI is InChI=1S/C25H24N4O2/c1-15(2)29-24-22(14-26-29)21(13-23(28-24)20-8-6-5-7-16(20)3)25(31)27-19-11-9-18(10-12-19)17(4)30/h5-15H,1-4H3,(H,27,31). The monoisotopic (exact) mass is 412 g/mol. The molecule has 0 unspecified atom stereocenters. The Morgan fingerprint density at radius 1 is 1.03 bits per heavy atom. The number of carbonyl (C=O) groups excluding carboxylic acids is 2. The van der Waals surface area contributed by atoms with Gasteiger partial charge in [-0.15, -0.1) is 0 Å². The van der Waals surface area contributed by atoms with Crippen LogP contribution in [0.2, 0.25) is 0 Å². The lowest BCUT2D eigenvalue weighted by molar-refractivity contribution is 0.101. The molecule has 0 aliphatic carbocycles. The summed E-state index contributed by atoms with van der Waals surface area (Å²) in [4.78, 5) is 29.6. The van der Waals surface area contributed by atoms with Gasteiger partial charge >= 0.3 is 0 Å². The fourth-order valence-corrected chi connectivity index (χ4v) is 3.57. The number of anilines is 1. The third-order valence-corrected chi connectivity index (χ3v) is 5.27. The molecule has 6 nitrogen and oxygen atoms in total. The molecule has 4 aromatic rings. The molecule has 0 spiro atoms. The van der Waals surface area contributed by atoms with E-state index in [0.29, 0.717) is 27.8 Å². The maximum Gasteiger partial charge on any atom is 0.256 e. The van der Waals surface area contributed by atoms with E-state index in [4.69, 9.17) is 4.98 Å². The number of nitrogens with zero attached hydrogens (tertiary/aromatic N) is 3. The van der Waals surface area contributed by atoms with E-state index in [1.165, 1.54) is 6.92 Å². The Kier molecular flexibility index (Phi) is 5.38. The van der Waals surface area contributed by atoms with E-state index in [1.54, 1.807) is 30.5 Å². The van der Waals surface area contributed by atoms with Crippen LogP contribution in [0.5, 0.6) is 0 Å². The molecule has 2 aromatic heterocycles. The predicted octanol–water partition coefficient (Wildman–Crippen LogP) is 5.44. The van der Waals surface area contributed by atoms with Gasteiger partial charge in [-0.3, -0.25) is 9.59 Å². The maximum absolute atomic E-state index is 13.3. The number of ketones is 1. The predicted molar refractivity (Wildman–Crippen MR) is 122 cm³/mol. The number of carbonyl (C=O) groups is 2. The Bertz CT molecular complexity index is 1290. The molecule has 156 valence electrons. The molecule has 6 heteroatoms. The minimum Gasteiger partial charge on any atom is -0.322 e. The Labute approximate surface area is 180 Å². The van der Waals surface area contributed by atoms with Crippen molar-refractivity contribution in [1.29, 1.82) is 0 Å². The van der Waals surface area contributed by atoms with Crippen LogP contribution in [-0.4, -0.2) is 26.5 Å². The van der Waals surface area contributed by atoms with Crippen molar-refractivity contribution in [3.8, 4) is 11.3 Å². The molecule has 0 bridgehead atoms. The van der Waals surface area contributed by atoms with Crippen LogP contribution in [0.3, 0.4) is 0 Å². The first-order valence-electron chi connectivity index (χ1n) is 10.2. The highest BCUT2D eigenvalue weighted by Crippen LogP contribution is 2.28. The van der Waals surface area contributed by atoms with Crippen LogP contribution in [-0.2, 0) is 0 Å². The van der Waals surface area contributed by atoms with Crippen LogP contribution in [0.4, 0.5) is 5.69 Å². The second-order valence-corrected chi connectivity index (χ2v) is 7.88. The highest BCUT2D eigenvalue weighted by atomic mass is 16.1. The molecule has 2 aromatic carbocycles. The van der Waals surface area contributed by atoms with Gasteiger partial charge in [-0.25, -0.2) is 9.67 Å². The molecular weight excluding hydrogens is 388 g/mol. The summed E-state index contributed by atoms with van der Waals surface area (Å²) in [5.41, 5.74) is 5.18. The number of Topliss-reactive ketones (excluding diaryl/α,β-unsaturated/α-hetero) is 1. The average molecular weight is 412 g/mol. The van der Waals surface area contributed by atoms with Gasteiger partial charge < -0.3 is 5.32 Å². The topological polar surface area (TPSA) is 76.9 Å². The van der Waals surface area contributed by atoms with Crippen molar-refractivity contribution >= 4 is 28.4 Å². The van der Waals surface area contributed by atoms with Crippen molar-refractivity contribution in [2.24, 2.45) is 0 Å². The molecule has 2 heterocycles. The highest BCUT2D eigenvalue weighted by Gasteiger charge is 2.19. The number of aromatic nitrogens is 3. The number of hydrogen-bond donors (Lipinski definition) is 1. The number of hydrogen-bond acceptors (Lipinski definition) is 4. The van der Waals surface area contributed by atoms with E-state index in [-0.39, 0.29) is 17.7 Å². The van der Waals surface area contributed by atoms with Gasteiger partial charge in [0.25, 0.3) is 5.91 Å². The summed E-state index contributed by atoms with van der Waals surface area (Å²) in [7, 11) is 0. The third kappa shape index (κ3) is 3.97. The van der Waals surface area contributed by atoms with E-state index < -0.39 is 0 Å². The van der Waals surface area contributed by atoms with Crippen molar-refractivity contribution < 1.29 is 9.59 Å². The number of nitrogens with one attached hydrogen (secondary N) is 1. The van der Waals surface area contributed by atoms with Gasteiger partial charge in [0.2, 0.25) is 0 Å². The minimum atomic E-state index is -0.249. The number of aryl methyl sites for hydroxylation is 1. The van der Waals surface area contributed by atoms with E-state index in [9.17, 15) is 9.59 Å². The Hall–Kier alpha value is -3.80. The first-order chi connectivity index (χ1) is 14.8. The van der Waals surface area contributed by atoms with Gasteiger partial charge in [-0.2, -0.15) is 5.10 Å². The van der Waals surface area contributed by atoms with Gasteiger partial charge in [0.1, 0.15) is 0 Å². The van der Waals surface area contributed by atoms with Gasteiger partial charge in [-0.1, -0.05) is 24.3 Å². The molecule has 0 saturated heterocycles. The summed E-state index contributed by atoms with van der Waals surface area (Å²) in [6.45, 7) is 7.60. The largest absolute Gasteiger partial charge is 0.322 e. The Morgan fingerprint density at radius 2 is 1.74 bits per heavy atom.